The topological polar surface area (TPSA) is 42.1 Å². The maximum Gasteiger partial charge on any atom is 0.434 e. The van der Waals surface area contributed by atoms with Gasteiger partial charge < -0.3 is 10.6 Å². The molecule has 1 aromatic heterocycles. The van der Waals surface area contributed by atoms with E-state index in [1.807, 2.05) is 0 Å². The second kappa shape index (κ2) is 4.49. The van der Waals surface area contributed by atoms with Crippen LogP contribution in [0.3, 0.4) is 0 Å². The molecular formula is C11H10F3N3S. The van der Waals surface area contributed by atoms with E-state index < -0.39 is 11.9 Å². The zero-order chi connectivity index (χ0) is 13.3. The van der Waals surface area contributed by atoms with E-state index in [0.717, 1.165) is 22.4 Å². The number of hydrogen-bond donors (Lipinski definition) is 1. The number of hydrogen-bond acceptors (Lipinski definition) is 4. The third kappa shape index (κ3) is 2.56. The zero-order valence-electron chi connectivity index (χ0n) is 9.40. The Labute approximate surface area is 106 Å². The fourth-order valence-corrected chi connectivity index (χ4v) is 2.17. The van der Waals surface area contributed by atoms with E-state index in [-0.39, 0.29) is 5.13 Å². The van der Waals surface area contributed by atoms with Gasteiger partial charge in [0.15, 0.2) is 10.8 Å². The molecule has 0 aliphatic heterocycles. The first kappa shape index (κ1) is 12.7. The van der Waals surface area contributed by atoms with Crippen molar-refractivity contribution < 1.29 is 13.2 Å². The lowest BCUT2D eigenvalue weighted by molar-refractivity contribution is -0.140. The van der Waals surface area contributed by atoms with Crippen LogP contribution in [0.1, 0.15) is 5.69 Å². The fraction of sp³-hybridized carbons (Fsp3) is 0.182. The molecule has 2 aromatic rings. The third-order valence-electron chi connectivity index (χ3n) is 2.35. The molecule has 0 fully saturated rings. The fourth-order valence-electron chi connectivity index (χ4n) is 1.36. The summed E-state index contributed by atoms with van der Waals surface area (Å²) in [5.41, 5.74) is 6.00. The number of rotatable bonds is 2. The molecule has 0 aliphatic rings. The number of benzene rings is 1. The Kier molecular flexibility index (Phi) is 3.16. The summed E-state index contributed by atoms with van der Waals surface area (Å²) in [5, 5.41) is 1.29. The summed E-state index contributed by atoms with van der Waals surface area (Å²) in [4.78, 5) is 5.15. The Morgan fingerprint density at radius 3 is 2.33 bits per heavy atom. The average Bonchev–Trinajstić information content (AvgIpc) is 2.78. The highest BCUT2D eigenvalue weighted by Crippen LogP contribution is 2.34. The van der Waals surface area contributed by atoms with Gasteiger partial charge >= 0.3 is 6.18 Å². The molecule has 96 valence electrons. The van der Waals surface area contributed by atoms with Gasteiger partial charge in [-0.3, -0.25) is 0 Å². The van der Waals surface area contributed by atoms with Crippen molar-refractivity contribution in [3.05, 3.63) is 35.3 Å². The minimum atomic E-state index is -4.41. The van der Waals surface area contributed by atoms with Crippen LogP contribution in [0.25, 0.3) is 0 Å². The first-order valence-electron chi connectivity index (χ1n) is 5.00. The second-order valence-electron chi connectivity index (χ2n) is 3.66. The monoisotopic (exact) mass is 273 g/mol. The van der Waals surface area contributed by atoms with Crippen LogP contribution in [0.2, 0.25) is 0 Å². The largest absolute Gasteiger partial charge is 0.434 e. The Hall–Kier alpha value is -1.76. The molecule has 0 spiro atoms. The number of alkyl halides is 3. The van der Waals surface area contributed by atoms with E-state index in [1.165, 1.54) is 0 Å². The molecule has 0 bridgehead atoms. The molecule has 2 rings (SSSR count). The number of thiazole rings is 1. The highest BCUT2D eigenvalue weighted by Gasteiger charge is 2.34. The summed E-state index contributed by atoms with van der Waals surface area (Å²) < 4.78 is 37.3. The maximum absolute atomic E-state index is 12.4. The van der Waals surface area contributed by atoms with Gasteiger partial charge in [-0.1, -0.05) is 0 Å². The van der Waals surface area contributed by atoms with E-state index in [9.17, 15) is 13.2 Å². The maximum atomic E-state index is 12.4. The van der Waals surface area contributed by atoms with Crippen molar-refractivity contribution in [3.63, 3.8) is 0 Å². The summed E-state index contributed by atoms with van der Waals surface area (Å²) in [5.74, 6) is 0. The van der Waals surface area contributed by atoms with E-state index >= 15 is 0 Å². The van der Waals surface area contributed by atoms with Crippen molar-refractivity contribution >= 4 is 27.8 Å². The highest BCUT2D eigenvalue weighted by molar-refractivity contribution is 7.13. The molecule has 0 radical (unpaired) electrons. The predicted molar refractivity (Wildman–Crippen MR) is 66.0 cm³/mol. The molecule has 2 N–H and O–H groups in total. The highest BCUT2D eigenvalue weighted by atomic mass is 32.1. The minimum Gasteiger partial charge on any atom is -0.399 e. The summed E-state index contributed by atoms with van der Waals surface area (Å²) in [6, 6.07) is 6.82. The van der Waals surface area contributed by atoms with E-state index in [4.69, 9.17) is 5.73 Å². The van der Waals surface area contributed by atoms with Gasteiger partial charge in [0, 0.05) is 23.8 Å². The molecule has 0 atom stereocenters. The van der Waals surface area contributed by atoms with Crippen LogP contribution in [0.15, 0.2) is 29.6 Å². The van der Waals surface area contributed by atoms with Crippen molar-refractivity contribution in [1.82, 2.24) is 4.98 Å². The van der Waals surface area contributed by atoms with Crippen molar-refractivity contribution in [2.75, 3.05) is 17.7 Å². The number of nitrogens with two attached hydrogens (primary N) is 1. The zero-order valence-corrected chi connectivity index (χ0v) is 10.2. The van der Waals surface area contributed by atoms with Gasteiger partial charge in [0.25, 0.3) is 0 Å². The Bertz CT molecular complexity index is 533. The SMILES string of the molecule is CN(c1ccc(N)cc1)c1nc(C(F)(F)F)cs1. The quantitative estimate of drug-likeness (QED) is 0.851. The van der Waals surface area contributed by atoms with Crippen LogP contribution in [0, 0.1) is 0 Å². The van der Waals surface area contributed by atoms with Gasteiger partial charge in [0.05, 0.1) is 0 Å². The van der Waals surface area contributed by atoms with Gasteiger partial charge in [-0.25, -0.2) is 4.98 Å². The van der Waals surface area contributed by atoms with Gasteiger partial charge in [0.1, 0.15) is 0 Å². The Morgan fingerprint density at radius 2 is 1.83 bits per heavy atom. The van der Waals surface area contributed by atoms with Crippen LogP contribution in [0.5, 0.6) is 0 Å². The third-order valence-corrected chi connectivity index (χ3v) is 3.27. The summed E-state index contributed by atoms with van der Waals surface area (Å²) >= 11 is 0.947. The van der Waals surface area contributed by atoms with Crippen LogP contribution in [0.4, 0.5) is 29.7 Å². The number of aromatic nitrogens is 1. The average molecular weight is 273 g/mol. The molecule has 18 heavy (non-hydrogen) atoms. The van der Waals surface area contributed by atoms with Crippen LogP contribution >= 0.6 is 11.3 Å². The lowest BCUT2D eigenvalue weighted by Crippen LogP contribution is -2.11. The molecular weight excluding hydrogens is 263 g/mol. The molecule has 7 heteroatoms. The number of anilines is 3. The normalized spacial score (nSPS) is 11.6. The van der Waals surface area contributed by atoms with Crippen molar-refractivity contribution in [2.45, 2.75) is 6.18 Å². The summed E-state index contributed by atoms with van der Waals surface area (Å²) in [7, 11) is 1.66. The lowest BCUT2D eigenvalue weighted by atomic mass is 10.3. The van der Waals surface area contributed by atoms with Crippen LogP contribution in [-0.2, 0) is 6.18 Å². The summed E-state index contributed by atoms with van der Waals surface area (Å²) in [6.07, 6.45) is -4.41. The second-order valence-corrected chi connectivity index (χ2v) is 4.50. The number of nitrogens with zero attached hydrogens (tertiary/aromatic N) is 2. The molecule has 0 amide bonds. The van der Waals surface area contributed by atoms with E-state index in [2.05, 4.69) is 4.98 Å². The van der Waals surface area contributed by atoms with Crippen molar-refractivity contribution in [3.8, 4) is 0 Å². The first-order chi connectivity index (χ1) is 8.38. The molecule has 1 heterocycles. The molecule has 0 saturated heterocycles. The van der Waals surface area contributed by atoms with Gasteiger partial charge in [-0.2, -0.15) is 13.2 Å². The van der Waals surface area contributed by atoms with Gasteiger partial charge in [0.2, 0.25) is 0 Å². The Balaban J connectivity index is 2.26. The Morgan fingerprint density at radius 1 is 1.22 bits per heavy atom. The van der Waals surface area contributed by atoms with Gasteiger partial charge in [-0.15, -0.1) is 11.3 Å². The number of nitrogen functional groups attached to an aromatic ring is 1. The van der Waals surface area contributed by atoms with Crippen molar-refractivity contribution in [1.29, 1.82) is 0 Å². The van der Waals surface area contributed by atoms with Crippen molar-refractivity contribution in [2.24, 2.45) is 0 Å². The van der Waals surface area contributed by atoms with Gasteiger partial charge in [-0.05, 0) is 24.3 Å². The molecule has 1 aromatic carbocycles. The van der Waals surface area contributed by atoms with E-state index in [0.29, 0.717) is 5.69 Å². The first-order valence-corrected chi connectivity index (χ1v) is 5.88. The van der Waals surface area contributed by atoms with Crippen LogP contribution < -0.4 is 10.6 Å². The summed E-state index contributed by atoms with van der Waals surface area (Å²) in [6.45, 7) is 0. The molecule has 0 aliphatic carbocycles. The lowest BCUT2D eigenvalue weighted by Gasteiger charge is -2.15. The standard InChI is InChI=1S/C11H10F3N3S/c1-17(8-4-2-7(15)3-5-8)10-16-9(6-18-10)11(12,13)14/h2-6H,15H2,1H3. The number of halogens is 3. The molecule has 3 nitrogen and oxygen atoms in total. The van der Waals surface area contributed by atoms with E-state index in [1.54, 1.807) is 36.2 Å². The molecule has 0 saturated carbocycles. The molecule has 0 unspecified atom stereocenters. The predicted octanol–water partition coefficient (Wildman–Crippen LogP) is 3.51. The minimum absolute atomic E-state index is 0.284. The van der Waals surface area contributed by atoms with Crippen LogP contribution in [-0.4, -0.2) is 12.0 Å². The smallest absolute Gasteiger partial charge is 0.399 e.